The molecule has 1 nitrogen and oxygen atoms in total. The van der Waals surface area contributed by atoms with Crippen LogP contribution >= 0.6 is 0 Å². The first-order valence-electron chi connectivity index (χ1n) is 6.05. The largest absolute Gasteiger partial charge is 0.294 e. The van der Waals surface area contributed by atoms with Gasteiger partial charge in [-0.3, -0.25) is 4.79 Å². The molecule has 0 N–H and O–H groups in total. The maximum Gasteiger partial charge on any atom is 0.165 e. The number of carbonyl (C=O) groups is 1. The minimum absolute atomic E-state index is 0.0509. The molecule has 0 unspecified atom stereocenters. The molecule has 0 amide bonds. The van der Waals surface area contributed by atoms with Crippen LogP contribution in [0.1, 0.15) is 48.9 Å². The van der Waals surface area contributed by atoms with Gasteiger partial charge >= 0.3 is 0 Å². The fourth-order valence-electron chi connectivity index (χ4n) is 2.46. The molecule has 1 fully saturated rings. The summed E-state index contributed by atoms with van der Waals surface area (Å²) in [6, 6.07) is 6.25. The summed E-state index contributed by atoms with van der Waals surface area (Å²) in [5.74, 6) is 0.250. The van der Waals surface area contributed by atoms with Crippen molar-refractivity contribution in [1.82, 2.24) is 0 Å². The van der Waals surface area contributed by atoms with Gasteiger partial charge in [0, 0.05) is 6.42 Å². The summed E-state index contributed by atoms with van der Waals surface area (Å²) in [6.07, 6.45) is 6.48. The molecule has 1 aliphatic carbocycles. The highest BCUT2D eigenvalue weighted by Gasteiger charge is 2.17. The normalized spacial score (nSPS) is 16.6. The van der Waals surface area contributed by atoms with Crippen molar-refractivity contribution in [3.8, 4) is 0 Å². The van der Waals surface area contributed by atoms with Crippen molar-refractivity contribution >= 4 is 5.78 Å². The Hall–Kier alpha value is -1.18. The molecule has 2 rings (SSSR count). The minimum Gasteiger partial charge on any atom is -0.294 e. The third-order valence-electron chi connectivity index (χ3n) is 3.43. The summed E-state index contributed by atoms with van der Waals surface area (Å²) in [4.78, 5) is 11.8. The minimum atomic E-state index is -0.390. The Bertz CT molecular complexity index is 367. The van der Waals surface area contributed by atoms with Crippen molar-refractivity contribution in [2.24, 2.45) is 5.92 Å². The van der Waals surface area contributed by atoms with E-state index in [1.807, 2.05) is 0 Å². The van der Waals surface area contributed by atoms with Gasteiger partial charge in [-0.15, -0.1) is 0 Å². The van der Waals surface area contributed by atoms with Crippen LogP contribution in [0, 0.1) is 11.7 Å². The molecular formula is C14H17FO. The Kier molecular flexibility index (Phi) is 3.70. The molecule has 86 valence electrons. The fraction of sp³-hybridized carbons (Fsp3) is 0.500. The van der Waals surface area contributed by atoms with Gasteiger partial charge < -0.3 is 0 Å². The predicted molar refractivity (Wildman–Crippen MR) is 61.9 cm³/mol. The monoisotopic (exact) mass is 220 g/mol. The van der Waals surface area contributed by atoms with Gasteiger partial charge in [-0.1, -0.05) is 37.8 Å². The zero-order chi connectivity index (χ0) is 11.4. The number of hydrogen-bond acceptors (Lipinski definition) is 1. The van der Waals surface area contributed by atoms with Crippen molar-refractivity contribution in [2.45, 2.75) is 38.5 Å². The highest BCUT2D eigenvalue weighted by molar-refractivity contribution is 5.96. The molecule has 0 aliphatic heterocycles. The lowest BCUT2D eigenvalue weighted by atomic mass is 9.97. The van der Waals surface area contributed by atoms with Crippen LogP contribution in [0.2, 0.25) is 0 Å². The lowest BCUT2D eigenvalue weighted by Gasteiger charge is -2.07. The van der Waals surface area contributed by atoms with Gasteiger partial charge in [0.15, 0.2) is 5.78 Å². The van der Waals surface area contributed by atoms with Gasteiger partial charge in [-0.05, 0) is 24.5 Å². The van der Waals surface area contributed by atoms with Crippen LogP contribution in [0.15, 0.2) is 24.3 Å². The molecule has 16 heavy (non-hydrogen) atoms. The van der Waals surface area contributed by atoms with E-state index in [-0.39, 0.29) is 17.2 Å². The predicted octanol–water partition coefficient (Wildman–Crippen LogP) is 3.98. The van der Waals surface area contributed by atoms with Crippen LogP contribution < -0.4 is 0 Å². The number of carbonyl (C=O) groups excluding carboxylic acids is 1. The molecule has 0 atom stereocenters. The summed E-state index contributed by atoms with van der Waals surface area (Å²) in [5, 5.41) is 0. The second-order valence-corrected chi connectivity index (χ2v) is 4.59. The Labute approximate surface area is 95.7 Å². The van der Waals surface area contributed by atoms with E-state index in [2.05, 4.69) is 0 Å². The molecule has 0 saturated heterocycles. The third kappa shape index (κ3) is 2.69. The van der Waals surface area contributed by atoms with Crippen LogP contribution in [0.5, 0.6) is 0 Å². The van der Waals surface area contributed by atoms with E-state index in [4.69, 9.17) is 0 Å². The number of Topliss-reactive ketones (excluding diaryl/α,β-unsaturated/α-hetero) is 1. The highest BCUT2D eigenvalue weighted by Crippen LogP contribution is 2.29. The number of ketones is 1. The Balaban J connectivity index is 1.90. The SMILES string of the molecule is O=C(CCC1CCCC1)c1ccccc1F. The maximum absolute atomic E-state index is 13.3. The van der Waals surface area contributed by atoms with Crippen molar-refractivity contribution in [3.05, 3.63) is 35.6 Å². The average Bonchev–Trinajstić information content (AvgIpc) is 2.79. The fourth-order valence-corrected chi connectivity index (χ4v) is 2.46. The van der Waals surface area contributed by atoms with Gasteiger partial charge in [0.05, 0.1) is 5.56 Å². The topological polar surface area (TPSA) is 17.1 Å². The zero-order valence-electron chi connectivity index (χ0n) is 9.42. The molecular weight excluding hydrogens is 203 g/mol. The summed E-state index contributed by atoms with van der Waals surface area (Å²) >= 11 is 0. The second-order valence-electron chi connectivity index (χ2n) is 4.59. The van der Waals surface area contributed by atoms with Gasteiger partial charge in [0.1, 0.15) is 5.82 Å². The first-order chi connectivity index (χ1) is 7.77. The van der Waals surface area contributed by atoms with Gasteiger partial charge in [0.25, 0.3) is 0 Å². The molecule has 0 aromatic heterocycles. The first kappa shape index (κ1) is 11.3. The van der Waals surface area contributed by atoms with Crippen molar-refractivity contribution < 1.29 is 9.18 Å². The zero-order valence-corrected chi connectivity index (χ0v) is 9.42. The van der Waals surface area contributed by atoms with Gasteiger partial charge in [0.2, 0.25) is 0 Å². The lowest BCUT2D eigenvalue weighted by Crippen LogP contribution is -2.05. The average molecular weight is 220 g/mol. The molecule has 0 bridgehead atoms. The molecule has 1 aromatic rings. The first-order valence-corrected chi connectivity index (χ1v) is 6.05. The van der Waals surface area contributed by atoms with Gasteiger partial charge in [-0.2, -0.15) is 0 Å². The van der Waals surface area contributed by atoms with Crippen LogP contribution in [-0.4, -0.2) is 5.78 Å². The quantitative estimate of drug-likeness (QED) is 0.701. The van der Waals surface area contributed by atoms with E-state index in [1.54, 1.807) is 18.2 Å². The molecule has 1 saturated carbocycles. The van der Waals surface area contributed by atoms with E-state index in [9.17, 15) is 9.18 Å². The van der Waals surface area contributed by atoms with Crippen molar-refractivity contribution in [3.63, 3.8) is 0 Å². The van der Waals surface area contributed by atoms with Crippen LogP contribution in [0.3, 0.4) is 0 Å². The maximum atomic E-state index is 13.3. The molecule has 1 aromatic carbocycles. The molecule has 0 spiro atoms. The van der Waals surface area contributed by atoms with E-state index in [0.717, 1.165) is 6.42 Å². The van der Waals surface area contributed by atoms with E-state index in [0.29, 0.717) is 12.3 Å². The summed E-state index contributed by atoms with van der Waals surface area (Å²) < 4.78 is 13.3. The van der Waals surface area contributed by atoms with Crippen LogP contribution in [-0.2, 0) is 0 Å². The number of hydrogen-bond donors (Lipinski definition) is 0. The Morgan fingerprint density at radius 3 is 2.62 bits per heavy atom. The van der Waals surface area contributed by atoms with Crippen molar-refractivity contribution in [2.75, 3.05) is 0 Å². The van der Waals surface area contributed by atoms with E-state index in [1.165, 1.54) is 31.7 Å². The standard InChI is InChI=1S/C14H17FO/c15-13-8-4-3-7-12(13)14(16)10-9-11-5-1-2-6-11/h3-4,7-8,11H,1-2,5-6,9-10H2. The highest BCUT2D eigenvalue weighted by atomic mass is 19.1. The summed E-state index contributed by atoms with van der Waals surface area (Å²) in [5.41, 5.74) is 0.250. The Morgan fingerprint density at radius 2 is 1.94 bits per heavy atom. The number of halogens is 1. The van der Waals surface area contributed by atoms with E-state index < -0.39 is 0 Å². The lowest BCUT2D eigenvalue weighted by molar-refractivity contribution is 0.0970. The molecule has 1 aliphatic rings. The van der Waals surface area contributed by atoms with Crippen LogP contribution in [0.4, 0.5) is 4.39 Å². The summed E-state index contributed by atoms with van der Waals surface area (Å²) in [7, 11) is 0. The second kappa shape index (κ2) is 5.24. The van der Waals surface area contributed by atoms with Crippen LogP contribution in [0.25, 0.3) is 0 Å². The van der Waals surface area contributed by atoms with Crippen molar-refractivity contribution in [1.29, 1.82) is 0 Å². The third-order valence-corrected chi connectivity index (χ3v) is 3.43. The Morgan fingerprint density at radius 1 is 1.25 bits per heavy atom. The molecule has 0 radical (unpaired) electrons. The van der Waals surface area contributed by atoms with Gasteiger partial charge in [-0.25, -0.2) is 4.39 Å². The summed E-state index contributed by atoms with van der Waals surface area (Å²) in [6.45, 7) is 0. The number of benzene rings is 1. The molecule has 0 heterocycles. The molecule has 2 heteroatoms. The van der Waals surface area contributed by atoms with E-state index >= 15 is 0 Å². The smallest absolute Gasteiger partial charge is 0.165 e. The number of rotatable bonds is 4.